The SMILES string of the molecule is O=CC(=O)c1c2ccccc2cn1CCSCC(O)c1ccccc1. The predicted octanol–water partition coefficient (Wildman–Crippen LogP) is 3.49. The highest BCUT2D eigenvalue weighted by Gasteiger charge is 2.16. The third-order valence-electron chi connectivity index (χ3n) is 4.08. The summed E-state index contributed by atoms with van der Waals surface area (Å²) in [5.74, 6) is 0.821. The van der Waals surface area contributed by atoms with Gasteiger partial charge in [-0.05, 0) is 5.56 Å². The molecule has 0 aliphatic carbocycles. The third-order valence-corrected chi connectivity index (χ3v) is 5.10. The van der Waals surface area contributed by atoms with Gasteiger partial charge in [-0.1, -0.05) is 54.6 Å². The summed E-state index contributed by atoms with van der Waals surface area (Å²) in [4.78, 5) is 23.0. The first kappa shape index (κ1) is 17.5. The van der Waals surface area contributed by atoms with Crippen LogP contribution in [-0.2, 0) is 11.3 Å². The lowest BCUT2D eigenvalue weighted by molar-refractivity contribution is -0.104. The number of benzene rings is 2. The van der Waals surface area contributed by atoms with E-state index in [9.17, 15) is 14.7 Å². The van der Waals surface area contributed by atoms with Crippen LogP contribution in [-0.4, -0.2) is 33.2 Å². The second-order valence-electron chi connectivity index (χ2n) is 5.74. The molecule has 128 valence electrons. The number of ketones is 1. The van der Waals surface area contributed by atoms with Crippen LogP contribution in [0.15, 0.2) is 60.8 Å². The van der Waals surface area contributed by atoms with Crippen molar-refractivity contribution in [1.29, 1.82) is 0 Å². The van der Waals surface area contributed by atoms with Crippen LogP contribution in [0.4, 0.5) is 0 Å². The smallest absolute Gasteiger partial charge is 0.242 e. The zero-order valence-electron chi connectivity index (χ0n) is 13.7. The maximum Gasteiger partial charge on any atom is 0.242 e. The summed E-state index contributed by atoms with van der Waals surface area (Å²) in [5.41, 5.74) is 1.34. The van der Waals surface area contributed by atoms with Crippen molar-refractivity contribution < 1.29 is 14.7 Å². The topological polar surface area (TPSA) is 59.3 Å². The molecule has 0 amide bonds. The molecule has 0 saturated heterocycles. The number of hydrogen-bond acceptors (Lipinski definition) is 4. The quantitative estimate of drug-likeness (QED) is 0.291. The first-order chi connectivity index (χ1) is 12.2. The summed E-state index contributed by atoms with van der Waals surface area (Å²) in [6.45, 7) is 0.607. The number of aryl methyl sites for hydroxylation is 1. The molecule has 0 fully saturated rings. The Hall–Kier alpha value is -2.37. The van der Waals surface area contributed by atoms with Gasteiger partial charge in [0, 0.05) is 35.0 Å². The molecule has 2 aromatic carbocycles. The molecule has 3 rings (SSSR count). The number of nitrogens with zero attached hydrogens (tertiary/aromatic N) is 1. The minimum Gasteiger partial charge on any atom is -0.388 e. The molecule has 0 spiro atoms. The summed E-state index contributed by atoms with van der Waals surface area (Å²) < 4.78 is 1.84. The number of aldehydes is 1. The zero-order chi connectivity index (χ0) is 17.6. The van der Waals surface area contributed by atoms with Crippen molar-refractivity contribution in [3.05, 3.63) is 72.1 Å². The van der Waals surface area contributed by atoms with Gasteiger partial charge in [-0.2, -0.15) is 11.8 Å². The minimum absolute atomic E-state index is 0.366. The number of aliphatic hydroxyl groups is 1. The molecule has 5 heteroatoms. The summed E-state index contributed by atoms with van der Waals surface area (Å²) >= 11 is 1.62. The fourth-order valence-electron chi connectivity index (χ4n) is 2.85. The first-order valence-corrected chi connectivity index (χ1v) is 9.24. The number of thioether (sulfide) groups is 1. The Balaban J connectivity index is 1.65. The van der Waals surface area contributed by atoms with Gasteiger partial charge in [-0.3, -0.25) is 9.59 Å². The van der Waals surface area contributed by atoms with Gasteiger partial charge in [0.25, 0.3) is 0 Å². The van der Waals surface area contributed by atoms with Crippen LogP contribution in [0.1, 0.15) is 22.2 Å². The van der Waals surface area contributed by atoms with Crippen molar-refractivity contribution in [1.82, 2.24) is 4.57 Å². The van der Waals surface area contributed by atoms with E-state index in [2.05, 4.69) is 0 Å². The van der Waals surface area contributed by atoms with E-state index < -0.39 is 11.9 Å². The fraction of sp³-hybridized carbons (Fsp3) is 0.200. The van der Waals surface area contributed by atoms with E-state index >= 15 is 0 Å². The van der Waals surface area contributed by atoms with Gasteiger partial charge in [0.2, 0.25) is 5.78 Å². The molecule has 0 saturated carbocycles. The van der Waals surface area contributed by atoms with E-state index in [4.69, 9.17) is 0 Å². The molecule has 1 aromatic heterocycles. The van der Waals surface area contributed by atoms with E-state index in [0.717, 1.165) is 22.1 Å². The van der Waals surface area contributed by atoms with Gasteiger partial charge in [-0.25, -0.2) is 0 Å². The van der Waals surface area contributed by atoms with Crippen molar-refractivity contribution in [3.63, 3.8) is 0 Å². The highest BCUT2D eigenvalue weighted by Crippen LogP contribution is 2.23. The summed E-state index contributed by atoms with van der Waals surface area (Å²) in [6.07, 6.45) is 1.76. The van der Waals surface area contributed by atoms with Crippen molar-refractivity contribution in [2.24, 2.45) is 0 Å². The Kier molecular flexibility index (Phi) is 5.68. The van der Waals surface area contributed by atoms with Crippen LogP contribution in [0.25, 0.3) is 10.8 Å². The second kappa shape index (κ2) is 8.14. The van der Waals surface area contributed by atoms with Crippen LogP contribution >= 0.6 is 11.8 Å². The summed E-state index contributed by atoms with van der Waals surface area (Å²) in [7, 11) is 0. The number of Topliss-reactive ketones (excluding diaryl/α,β-unsaturated/α-hetero) is 1. The number of fused-ring (bicyclic) bond motifs is 1. The van der Waals surface area contributed by atoms with Crippen LogP contribution in [0.3, 0.4) is 0 Å². The Morgan fingerprint density at radius 2 is 1.84 bits per heavy atom. The lowest BCUT2D eigenvalue weighted by Crippen LogP contribution is -2.11. The Labute approximate surface area is 150 Å². The van der Waals surface area contributed by atoms with Gasteiger partial charge in [0.1, 0.15) is 5.69 Å². The molecule has 1 atom stereocenters. The van der Waals surface area contributed by atoms with E-state index in [-0.39, 0.29) is 0 Å². The highest BCUT2D eigenvalue weighted by molar-refractivity contribution is 7.99. The zero-order valence-corrected chi connectivity index (χ0v) is 14.5. The lowest BCUT2D eigenvalue weighted by Gasteiger charge is -2.11. The molecule has 1 unspecified atom stereocenters. The second-order valence-corrected chi connectivity index (χ2v) is 6.89. The van der Waals surface area contributed by atoms with E-state index in [1.807, 2.05) is 65.4 Å². The number of hydrogen-bond donors (Lipinski definition) is 1. The van der Waals surface area contributed by atoms with Gasteiger partial charge in [-0.15, -0.1) is 0 Å². The molecule has 0 aliphatic heterocycles. The Bertz CT molecular complexity index is 873. The molecule has 1 N–H and O–H groups in total. The number of aromatic nitrogens is 1. The van der Waals surface area contributed by atoms with E-state index in [1.165, 1.54) is 0 Å². The highest BCUT2D eigenvalue weighted by atomic mass is 32.2. The molecular formula is C20H19NO3S. The van der Waals surface area contributed by atoms with Crippen LogP contribution in [0, 0.1) is 0 Å². The minimum atomic E-state index is -0.508. The van der Waals surface area contributed by atoms with Gasteiger partial charge >= 0.3 is 0 Å². The lowest BCUT2D eigenvalue weighted by atomic mass is 10.1. The monoisotopic (exact) mass is 353 g/mol. The van der Waals surface area contributed by atoms with Crippen molar-refractivity contribution in [3.8, 4) is 0 Å². The largest absolute Gasteiger partial charge is 0.388 e. The molecule has 25 heavy (non-hydrogen) atoms. The van der Waals surface area contributed by atoms with Crippen molar-refractivity contribution in [2.75, 3.05) is 11.5 Å². The first-order valence-electron chi connectivity index (χ1n) is 8.09. The van der Waals surface area contributed by atoms with E-state index in [1.54, 1.807) is 11.8 Å². The average molecular weight is 353 g/mol. The van der Waals surface area contributed by atoms with Gasteiger partial charge in [0.15, 0.2) is 6.29 Å². The van der Waals surface area contributed by atoms with Crippen molar-refractivity contribution in [2.45, 2.75) is 12.6 Å². The van der Waals surface area contributed by atoms with Crippen molar-refractivity contribution >= 4 is 34.6 Å². The number of carbonyl (C=O) groups is 2. The molecule has 0 bridgehead atoms. The molecular weight excluding hydrogens is 334 g/mol. The van der Waals surface area contributed by atoms with Crippen LogP contribution < -0.4 is 0 Å². The van der Waals surface area contributed by atoms with Gasteiger partial charge < -0.3 is 9.67 Å². The molecule has 1 heterocycles. The molecule has 4 nitrogen and oxygen atoms in total. The maximum atomic E-state index is 12.0. The summed E-state index contributed by atoms with van der Waals surface area (Å²) in [6, 6.07) is 17.1. The van der Waals surface area contributed by atoms with Gasteiger partial charge in [0.05, 0.1) is 6.10 Å². The number of carbonyl (C=O) groups excluding carboxylic acids is 2. The Morgan fingerprint density at radius 1 is 1.12 bits per heavy atom. The van der Waals surface area contributed by atoms with Crippen LogP contribution in [0.2, 0.25) is 0 Å². The normalized spacial score (nSPS) is 12.2. The standard InChI is InChI=1S/C20H19NO3S/c22-13-18(23)20-17-9-5-4-8-16(17)12-21(20)10-11-25-14-19(24)15-6-2-1-3-7-15/h1-9,12-13,19,24H,10-11,14H2. The molecule has 0 aliphatic rings. The van der Waals surface area contributed by atoms with E-state index in [0.29, 0.717) is 24.3 Å². The Morgan fingerprint density at radius 3 is 2.60 bits per heavy atom. The molecule has 3 aromatic rings. The fourth-order valence-corrected chi connectivity index (χ4v) is 3.76. The predicted molar refractivity (Wildman–Crippen MR) is 101 cm³/mol. The van der Waals surface area contributed by atoms with Crippen LogP contribution in [0.5, 0.6) is 0 Å². The average Bonchev–Trinajstić information content (AvgIpc) is 3.03. The summed E-state index contributed by atoms with van der Waals surface area (Å²) in [5, 5.41) is 11.9. The number of rotatable bonds is 8. The maximum absolute atomic E-state index is 12.0. The molecule has 0 radical (unpaired) electrons. The number of aliphatic hydroxyl groups excluding tert-OH is 1. The third kappa shape index (κ3) is 4.00.